The van der Waals surface area contributed by atoms with Crippen molar-refractivity contribution < 1.29 is 0 Å². The zero-order valence-electron chi connectivity index (χ0n) is 9.55. The summed E-state index contributed by atoms with van der Waals surface area (Å²) >= 11 is 1.67. The third-order valence-electron chi connectivity index (χ3n) is 2.51. The highest BCUT2D eigenvalue weighted by Gasteiger charge is 2.17. The van der Waals surface area contributed by atoms with Gasteiger partial charge in [0.25, 0.3) is 0 Å². The van der Waals surface area contributed by atoms with Crippen LogP contribution in [0, 0.1) is 0 Å². The quantitative estimate of drug-likeness (QED) is 0.864. The molecule has 2 rings (SSSR count). The van der Waals surface area contributed by atoms with Gasteiger partial charge in [0.15, 0.2) is 0 Å². The number of hydrogen-bond donors (Lipinski definition) is 1. The van der Waals surface area contributed by atoms with Gasteiger partial charge in [-0.2, -0.15) is 5.10 Å². The molecule has 0 aliphatic carbocycles. The van der Waals surface area contributed by atoms with Crippen molar-refractivity contribution in [1.82, 2.24) is 20.1 Å². The van der Waals surface area contributed by atoms with Crippen molar-refractivity contribution in [2.45, 2.75) is 25.9 Å². The molecular weight excluding hydrogens is 220 g/mol. The summed E-state index contributed by atoms with van der Waals surface area (Å²) in [6.45, 7) is 3.12. The van der Waals surface area contributed by atoms with Gasteiger partial charge in [0.1, 0.15) is 0 Å². The summed E-state index contributed by atoms with van der Waals surface area (Å²) in [6.07, 6.45) is 4.86. The Labute approximate surface area is 99.3 Å². The summed E-state index contributed by atoms with van der Waals surface area (Å²) in [5, 5.41) is 7.66. The van der Waals surface area contributed by atoms with Crippen LogP contribution in [0.4, 0.5) is 0 Å². The predicted octanol–water partition coefficient (Wildman–Crippen LogP) is 2.06. The van der Waals surface area contributed by atoms with Gasteiger partial charge in [-0.1, -0.05) is 6.92 Å². The third-order valence-corrected chi connectivity index (χ3v) is 3.35. The molecule has 16 heavy (non-hydrogen) atoms. The van der Waals surface area contributed by atoms with E-state index < -0.39 is 0 Å². The zero-order chi connectivity index (χ0) is 11.4. The molecule has 0 fully saturated rings. The van der Waals surface area contributed by atoms with Crippen LogP contribution in [0.1, 0.15) is 30.0 Å². The SMILES string of the molecule is CCCn1nccc1C(NC)c1cncs1. The first-order valence-electron chi connectivity index (χ1n) is 5.44. The highest BCUT2D eigenvalue weighted by molar-refractivity contribution is 7.09. The second-order valence-corrected chi connectivity index (χ2v) is 4.52. The predicted molar refractivity (Wildman–Crippen MR) is 65.5 cm³/mol. The normalized spacial score (nSPS) is 12.9. The molecule has 0 radical (unpaired) electrons. The van der Waals surface area contributed by atoms with Crippen LogP contribution in [0.15, 0.2) is 24.0 Å². The Kier molecular flexibility index (Phi) is 3.69. The first-order valence-corrected chi connectivity index (χ1v) is 6.32. The molecule has 4 nitrogen and oxygen atoms in total. The fraction of sp³-hybridized carbons (Fsp3) is 0.455. The van der Waals surface area contributed by atoms with Crippen LogP contribution in [0.25, 0.3) is 0 Å². The minimum atomic E-state index is 0.196. The fourth-order valence-corrected chi connectivity index (χ4v) is 2.53. The Morgan fingerprint density at radius 3 is 3.06 bits per heavy atom. The van der Waals surface area contributed by atoms with E-state index in [2.05, 4.69) is 33.1 Å². The van der Waals surface area contributed by atoms with E-state index in [4.69, 9.17) is 0 Å². The number of hydrogen-bond acceptors (Lipinski definition) is 4. The molecule has 1 N–H and O–H groups in total. The molecule has 86 valence electrons. The van der Waals surface area contributed by atoms with Crippen LogP contribution in [-0.4, -0.2) is 21.8 Å². The molecule has 1 unspecified atom stereocenters. The lowest BCUT2D eigenvalue weighted by atomic mass is 10.2. The van der Waals surface area contributed by atoms with Crippen molar-refractivity contribution in [2.75, 3.05) is 7.05 Å². The van der Waals surface area contributed by atoms with E-state index in [1.54, 1.807) is 11.3 Å². The first-order chi connectivity index (χ1) is 7.86. The summed E-state index contributed by atoms with van der Waals surface area (Å²) in [6, 6.07) is 2.26. The van der Waals surface area contributed by atoms with Crippen molar-refractivity contribution in [3.63, 3.8) is 0 Å². The molecule has 0 saturated heterocycles. The lowest BCUT2D eigenvalue weighted by Crippen LogP contribution is -2.20. The van der Waals surface area contributed by atoms with Gasteiger partial charge >= 0.3 is 0 Å². The van der Waals surface area contributed by atoms with Crippen LogP contribution in [0.5, 0.6) is 0 Å². The number of nitrogens with one attached hydrogen (secondary N) is 1. The molecule has 0 aliphatic heterocycles. The Morgan fingerprint density at radius 2 is 2.44 bits per heavy atom. The molecule has 0 aromatic carbocycles. The van der Waals surface area contributed by atoms with Crippen molar-refractivity contribution in [3.8, 4) is 0 Å². The van der Waals surface area contributed by atoms with Crippen LogP contribution >= 0.6 is 11.3 Å². The molecule has 5 heteroatoms. The van der Waals surface area contributed by atoms with Crippen LogP contribution in [0.2, 0.25) is 0 Å². The molecule has 2 heterocycles. The van der Waals surface area contributed by atoms with E-state index in [0.717, 1.165) is 13.0 Å². The summed E-state index contributed by atoms with van der Waals surface area (Å²) in [5.74, 6) is 0. The van der Waals surface area contributed by atoms with Crippen LogP contribution in [0.3, 0.4) is 0 Å². The number of nitrogens with zero attached hydrogens (tertiary/aromatic N) is 3. The van der Waals surface area contributed by atoms with Crippen LogP contribution < -0.4 is 5.32 Å². The minimum absolute atomic E-state index is 0.196. The van der Waals surface area contributed by atoms with Crippen molar-refractivity contribution in [3.05, 3.63) is 34.5 Å². The Balaban J connectivity index is 2.30. The maximum Gasteiger partial charge on any atom is 0.0855 e. The number of rotatable bonds is 5. The average molecular weight is 236 g/mol. The first kappa shape index (κ1) is 11.3. The fourth-order valence-electron chi connectivity index (χ4n) is 1.79. The second-order valence-electron chi connectivity index (χ2n) is 3.60. The Morgan fingerprint density at radius 1 is 1.56 bits per heavy atom. The summed E-state index contributed by atoms with van der Waals surface area (Å²) < 4.78 is 2.06. The van der Waals surface area contributed by atoms with Gasteiger partial charge in [0, 0.05) is 23.8 Å². The molecule has 0 saturated carbocycles. The maximum absolute atomic E-state index is 4.35. The van der Waals surface area contributed by atoms with E-state index in [0.29, 0.717) is 0 Å². The smallest absolute Gasteiger partial charge is 0.0855 e. The number of aryl methyl sites for hydroxylation is 1. The Hall–Kier alpha value is -1.20. The van der Waals surface area contributed by atoms with E-state index in [-0.39, 0.29) is 6.04 Å². The average Bonchev–Trinajstić information content (AvgIpc) is 2.92. The largest absolute Gasteiger partial charge is 0.307 e. The third kappa shape index (κ3) is 2.15. The standard InChI is InChI=1S/C11H16N4S/c1-3-6-15-9(4-5-14-15)11(12-2)10-7-13-8-16-10/h4-5,7-8,11-12H,3,6H2,1-2H3. The van der Waals surface area contributed by atoms with Gasteiger partial charge < -0.3 is 5.32 Å². The van der Waals surface area contributed by atoms with E-state index in [1.165, 1.54) is 10.6 Å². The second kappa shape index (κ2) is 5.23. The lowest BCUT2D eigenvalue weighted by Gasteiger charge is -2.15. The molecule has 0 amide bonds. The molecule has 1 atom stereocenters. The molecule has 0 spiro atoms. The topological polar surface area (TPSA) is 42.7 Å². The zero-order valence-corrected chi connectivity index (χ0v) is 10.4. The summed E-state index contributed by atoms with van der Waals surface area (Å²) in [7, 11) is 1.97. The van der Waals surface area contributed by atoms with E-state index >= 15 is 0 Å². The van der Waals surface area contributed by atoms with Gasteiger partial charge in [-0.3, -0.25) is 9.67 Å². The molecule has 0 aliphatic rings. The van der Waals surface area contributed by atoms with Gasteiger partial charge in [-0.05, 0) is 19.5 Å². The van der Waals surface area contributed by atoms with Gasteiger partial charge in [0.2, 0.25) is 0 Å². The maximum atomic E-state index is 4.35. The lowest BCUT2D eigenvalue weighted by molar-refractivity contribution is 0.537. The Bertz CT molecular complexity index is 421. The highest BCUT2D eigenvalue weighted by atomic mass is 32.1. The van der Waals surface area contributed by atoms with E-state index in [9.17, 15) is 0 Å². The van der Waals surface area contributed by atoms with Gasteiger partial charge in [-0.15, -0.1) is 11.3 Å². The van der Waals surface area contributed by atoms with Gasteiger partial charge in [-0.25, -0.2) is 0 Å². The molecular formula is C11H16N4S. The van der Waals surface area contributed by atoms with Gasteiger partial charge in [0.05, 0.1) is 17.2 Å². The molecule has 0 bridgehead atoms. The molecule has 2 aromatic rings. The van der Waals surface area contributed by atoms with Crippen molar-refractivity contribution in [2.24, 2.45) is 0 Å². The summed E-state index contributed by atoms with van der Waals surface area (Å²) in [5.41, 5.74) is 3.06. The summed E-state index contributed by atoms with van der Waals surface area (Å²) in [4.78, 5) is 5.35. The number of thiazole rings is 1. The van der Waals surface area contributed by atoms with Crippen molar-refractivity contribution >= 4 is 11.3 Å². The highest BCUT2D eigenvalue weighted by Crippen LogP contribution is 2.24. The molecule has 2 aromatic heterocycles. The monoisotopic (exact) mass is 236 g/mol. The van der Waals surface area contributed by atoms with Crippen molar-refractivity contribution in [1.29, 1.82) is 0 Å². The number of aromatic nitrogens is 3. The van der Waals surface area contributed by atoms with E-state index in [1.807, 2.05) is 25.0 Å². The van der Waals surface area contributed by atoms with Crippen LogP contribution in [-0.2, 0) is 6.54 Å². The minimum Gasteiger partial charge on any atom is -0.307 e.